The van der Waals surface area contributed by atoms with Crippen molar-refractivity contribution >= 4 is 6.09 Å². The molecule has 2 aromatic rings. The smallest absolute Gasteiger partial charge is 0.407 e. The topological polar surface area (TPSA) is 49.8 Å². The van der Waals surface area contributed by atoms with Crippen LogP contribution in [0, 0.1) is 0 Å². The largest absolute Gasteiger partial charge is 0.497 e. The Kier molecular flexibility index (Phi) is 6.48. The van der Waals surface area contributed by atoms with Crippen LogP contribution in [-0.2, 0) is 13.0 Å². The molecule has 0 saturated carbocycles. The van der Waals surface area contributed by atoms with Crippen molar-refractivity contribution in [3.8, 4) is 5.75 Å². The number of methoxy groups -OCH3 is 1. The van der Waals surface area contributed by atoms with Crippen LogP contribution in [0.1, 0.15) is 24.0 Å². The molecule has 2 rings (SSSR count). The van der Waals surface area contributed by atoms with Gasteiger partial charge in [0.15, 0.2) is 0 Å². The average Bonchev–Trinajstić information content (AvgIpc) is 2.58. The molecule has 1 amide bonds. The molecular weight excluding hydrogens is 290 g/mol. The van der Waals surface area contributed by atoms with Crippen molar-refractivity contribution in [3.63, 3.8) is 0 Å². The van der Waals surface area contributed by atoms with Crippen LogP contribution in [0.5, 0.6) is 5.75 Å². The first kappa shape index (κ1) is 16.9. The summed E-state index contributed by atoms with van der Waals surface area (Å²) in [5.74, 6) is 0.747. The van der Waals surface area contributed by atoms with E-state index in [2.05, 4.69) is 12.1 Å². The molecule has 0 fully saturated rings. The zero-order valence-corrected chi connectivity index (χ0v) is 13.4. The summed E-state index contributed by atoms with van der Waals surface area (Å²) in [6, 6.07) is 17.8. The fourth-order valence-corrected chi connectivity index (χ4v) is 2.51. The van der Waals surface area contributed by atoms with Gasteiger partial charge in [-0.15, -0.1) is 0 Å². The fraction of sp³-hybridized carbons (Fsp3) is 0.316. The van der Waals surface area contributed by atoms with Gasteiger partial charge < -0.3 is 14.7 Å². The quantitative estimate of drug-likeness (QED) is 0.743. The maximum atomic E-state index is 11.4. The molecule has 0 spiro atoms. The molecule has 0 bridgehead atoms. The summed E-state index contributed by atoms with van der Waals surface area (Å²) in [4.78, 5) is 12.9. The van der Waals surface area contributed by atoms with Crippen molar-refractivity contribution in [1.29, 1.82) is 0 Å². The predicted molar refractivity (Wildman–Crippen MR) is 90.8 cm³/mol. The fourth-order valence-electron chi connectivity index (χ4n) is 2.51. The Labute approximate surface area is 137 Å². The second-order valence-corrected chi connectivity index (χ2v) is 5.50. The number of carbonyl (C=O) groups is 1. The first-order chi connectivity index (χ1) is 11.2. The highest BCUT2D eigenvalue weighted by atomic mass is 16.5. The molecule has 0 saturated heterocycles. The van der Waals surface area contributed by atoms with E-state index in [-0.39, 0.29) is 0 Å². The minimum Gasteiger partial charge on any atom is -0.497 e. The molecular formula is C19H23NO3. The lowest BCUT2D eigenvalue weighted by Gasteiger charge is -2.19. The summed E-state index contributed by atoms with van der Waals surface area (Å²) >= 11 is 0. The highest BCUT2D eigenvalue weighted by Gasteiger charge is 2.12. The lowest BCUT2D eigenvalue weighted by molar-refractivity contribution is 0.141. The standard InChI is InChI=1S/C19H23NO3/c1-23-18-12-7-11-17(14-18)15-20(19(21)22)13-6-5-10-16-8-3-2-4-9-16/h2-4,7-9,11-12,14H,5-6,10,13,15H2,1H3,(H,21,22). The molecule has 0 heterocycles. The van der Waals surface area contributed by atoms with Crippen LogP contribution >= 0.6 is 0 Å². The van der Waals surface area contributed by atoms with E-state index in [1.165, 1.54) is 10.5 Å². The third-order valence-electron chi connectivity index (χ3n) is 3.76. The Hall–Kier alpha value is -2.49. The summed E-state index contributed by atoms with van der Waals surface area (Å²) in [6.07, 6.45) is 1.93. The van der Waals surface area contributed by atoms with Gasteiger partial charge in [0, 0.05) is 13.1 Å². The van der Waals surface area contributed by atoms with E-state index in [1.807, 2.05) is 42.5 Å². The number of ether oxygens (including phenoxy) is 1. The van der Waals surface area contributed by atoms with Crippen LogP contribution in [0.25, 0.3) is 0 Å². The highest BCUT2D eigenvalue weighted by Crippen LogP contribution is 2.15. The minimum atomic E-state index is -0.882. The van der Waals surface area contributed by atoms with E-state index in [0.29, 0.717) is 13.1 Å². The molecule has 23 heavy (non-hydrogen) atoms. The maximum Gasteiger partial charge on any atom is 0.407 e. The molecule has 122 valence electrons. The molecule has 4 heteroatoms. The summed E-state index contributed by atoms with van der Waals surface area (Å²) in [5.41, 5.74) is 2.23. The van der Waals surface area contributed by atoms with Gasteiger partial charge in [-0.2, -0.15) is 0 Å². The molecule has 0 atom stereocenters. The van der Waals surface area contributed by atoms with Crippen molar-refractivity contribution in [2.45, 2.75) is 25.8 Å². The molecule has 0 aliphatic heterocycles. The second-order valence-electron chi connectivity index (χ2n) is 5.50. The van der Waals surface area contributed by atoms with Crippen molar-refractivity contribution in [3.05, 3.63) is 65.7 Å². The molecule has 2 aromatic carbocycles. The number of benzene rings is 2. The first-order valence-electron chi connectivity index (χ1n) is 7.84. The van der Waals surface area contributed by atoms with Crippen LogP contribution in [0.15, 0.2) is 54.6 Å². The summed E-state index contributed by atoms with van der Waals surface area (Å²) in [5, 5.41) is 9.37. The minimum absolute atomic E-state index is 0.387. The number of amides is 1. The Morgan fingerprint density at radius 2 is 1.78 bits per heavy atom. The van der Waals surface area contributed by atoms with Crippen LogP contribution in [0.2, 0.25) is 0 Å². The van der Waals surface area contributed by atoms with Crippen LogP contribution in [0.3, 0.4) is 0 Å². The van der Waals surface area contributed by atoms with E-state index in [4.69, 9.17) is 4.74 Å². The van der Waals surface area contributed by atoms with Gasteiger partial charge in [-0.05, 0) is 42.5 Å². The Balaban J connectivity index is 1.82. The van der Waals surface area contributed by atoms with Crippen molar-refractivity contribution < 1.29 is 14.6 Å². The number of aryl methyl sites for hydroxylation is 1. The average molecular weight is 313 g/mol. The molecule has 0 aliphatic carbocycles. The SMILES string of the molecule is COc1cccc(CN(CCCCc2ccccc2)C(=O)O)c1. The van der Waals surface area contributed by atoms with Crippen LogP contribution in [-0.4, -0.2) is 29.8 Å². The first-order valence-corrected chi connectivity index (χ1v) is 7.84. The summed E-state index contributed by atoms with van der Waals surface area (Å²) in [6.45, 7) is 0.928. The lowest BCUT2D eigenvalue weighted by atomic mass is 10.1. The number of unbranched alkanes of at least 4 members (excludes halogenated alkanes) is 1. The molecule has 1 N–H and O–H groups in total. The number of nitrogens with zero attached hydrogens (tertiary/aromatic N) is 1. The van der Waals surface area contributed by atoms with Gasteiger partial charge in [-0.1, -0.05) is 42.5 Å². The third kappa shape index (κ3) is 5.66. The maximum absolute atomic E-state index is 11.4. The Bertz CT molecular complexity index is 613. The van der Waals surface area contributed by atoms with E-state index in [0.717, 1.165) is 30.6 Å². The zero-order valence-electron chi connectivity index (χ0n) is 13.4. The Morgan fingerprint density at radius 3 is 2.48 bits per heavy atom. The summed E-state index contributed by atoms with van der Waals surface area (Å²) < 4.78 is 5.18. The molecule has 0 radical (unpaired) electrons. The lowest BCUT2D eigenvalue weighted by Crippen LogP contribution is -2.30. The van der Waals surface area contributed by atoms with Crippen LogP contribution < -0.4 is 4.74 Å². The monoisotopic (exact) mass is 313 g/mol. The van der Waals surface area contributed by atoms with Crippen molar-refractivity contribution in [1.82, 2.24) is 4.90 Å². The molecule has 0 aliphatic rings. The van der Waals surface area contributed by atoms with Crippen molar-refractivity contribution in [2.24, 2.45) is 0 Å². The number of hydrogen-bond acceptors (Lipinski definition) is 2. The predicted octanol–water partition coefficient (Wildman–Crippen LogP) is 4.20. The van der Waals surface area contributed by atoms with Crippen molar-refractivity contribution in [2.75, 3.05) is 13.7 Å². The zero-order chi connectivity index (χ0) is 16.5. The Morgan fingerprint density at radius 1 is 1.04 bits per heavy atom. The van der Waals surface area contributed by atoms with Gasteiger partial charge in [0.05, 0.1) is 7.11 Å². The molecule has 0 unspecified atom stereocenters. The van der Waals surface area contributed by atoms with Crippen LogP contribution in [0.4, 0.5) is 4.79 Å². The van der Waals surface area contributed by atoms with Gasteiger partial charge in [-0.25, -0.2) is 4.79 Å². The number of hydrogen-bond donors (Lipinski definition) is 1. The van der Waals surface area contributed by atoms with Gasteiger partial charge in [0.1, 0.15) is 5.75 Å². The van der Waals surface area contributed by atoms with Gasteiger partial charge >= 0.3 is 6.09 Å². The number of carboxylic acid groups (broad SMARTS) is 1. The molecule has 4 nitrogen and oxygen atoms in total. The highest BCUT2D eigenvalue weighted by molar-refractivity contribution is 5.65. The van der Waals surface area contributed by atoms with Gasteiger partial charge in [-0.3, -0.25) is 0 Å². The second kappa shape index (κ2) is 8.83. The van der Waals surface area contributed by atoms with Gasteiger partial charge in [0.2, 0.25) is 0 Å². The molecule has 0 aromatic heterocycles. The number of rotatable bonds is 8. The van der Waals surface area contributed by atoms with Gasteiger partial charge in [0.25, 0.3) is 0 Å². The normalized spacial score (nSPS) is 10.3. The van der Waals surface area contributed by atoms with E-state index >= 15 is 0 Å². The third-order valence-corrected chi connectivity index (χ3v) is 3.76. The summed E-state index contributed by atoms with van der Waals surface area (Å²) in [7, 11) is 1.61. The van der Waals surface area contributed by atoms with E-state index < -0.39 is 6.09 Å². The van der Waals surface area contributed by atoms with E-state index in [1.54, 1.807) is 7.11 Å². The van der Waals surface area contributed by atoms with E-state index in [9.17, 15) is 9.90 Å².